The lowest BCUT2D eigenvalue weighted by molar-refractivity contribution is -0.146. The number of likely N-dealkylation sites (N-methyl/N-ethyl adjacent to an activating group) is 1. The number of aliphatic carboxylic acids is 1. The number of piperidine rings is 1. The van der Waals surface area contributed by atoms with Crippen LogP contribution in [-0.2, 0) is 14.4 Å². The number of carbonyl (C=O) groups excluding carboxylic acids is 2. The third-order valence-electron chi connectivity index (χ3n) is 4.24. The van der Waals surface area contributed by atoms with Crippen molar-refractivity contribution in [3.63, 3.8) is 0 Å². The zero-order chi connectivity index (χ0) is 19.3. The minimum Gasteiger partial charge on any atom is -0.481 e. The Morgan fingerprint density at radius 3 is 2.50 bits per heavy atom. The first-order chi connectivity index (χ1) is 12.3. The molecule has 2 amide bonds. The number of hydrogen-bond acceptors (Lipinski definition) is 4. The van der Waals surface area contributed by atoms with Crippen LogP contribution in [0.5, 0.6) is 5.75 Å². The van der Waals surface area contributed by atoms with Gasteiger partial charge < -0.3 is 19.6 Å². The summed E-state index contributed by atoms with van der Waals surface area (Å²) in [5, 5.41) is 8.95. The summed E-state index contributed by atoms with van der Waals surface area (Å²) >= 11 is 0. The largest absolute Gasteiger partial charge is 0.481 e. The fourth-order valence-electron chi connectivity index (χ4n) is 2.61. The summed E-state index contributed by atoms with van der Waals surface area (Å²) in [6.45, 7) is -0.0243. The van der Waals surface area contributed by atoms with Crippen LogP contribution in [0.4, 0.5) is 8.78 Å². The molecule has 1 N–H and O–H groups in total. The lowest BCUT2D eigenvalue weighted by Crippen LogP contribution is -2.46. The third-order valence-corrected chi connectivity index (χ3v) is 4.24. The molecule has 0 atom stereocenters. The van der Waals surface area contributed by atoms with Crippen LogP contribution in [0.2, 0.25) is 0 Å². The molecule has 1 saturated heterocycles. The van der Waals surface area contributed by atoms with Crippen LogP contribution >= 0.6 is 0 Å². The fraction of sp³-hybridized carbons (Fsp3) is 0.471. The van der Waals surface area contributed by atoms with Gasteiger partial charge in [-0.15, -0.1) is 0 Å². The van der Waals surface area contributed by atoms with Crippen LogP contribution in [0.25, 0.3) is 0 Å². The van der Waals surface area contributed by atoms with E-state index in [0.29, 0.717) is 32.0 Å². The predicted octanol–water partition coefficient (Wildman–Crippen LogP) is 1.13. The Labute approximate surface area is 149 Å². The fourth-order valence-corrected chi connectivity index (χ4v) is 2.61. The van der Waals surface area contributed by atoms with Gasteiger partial charge in [0, 0.05) is 26.2 Å². The summed E-state index contributed by atoms with van der Waals surface area (Å²) in [4.78, 5) is 37.8. The number of rotatable bonds is 6. The van der Waals surface area contributed by atoms with E-state index in [0.717, 1.165) is 17.0 Å². The van der Waals surface area contributed by atoms with E-state index in [1.54, 1.807) is 0 Å². The Morgan fingerprint density at radius 1 is 1.27 bits per heavy atom. The van der Waals surface area contributed by atoms with Crippen LogP contribution in [0, 0.1) is 17.6 Å². The smallest absolute Gasteiger partial charge is 0.306 e. The quantitative estimate of drug-likeness (QED) is 0.811. The van der Waals surface area contributed by atoms with Gasteiger partial charge in [-0.3, -0.25) is 14.4 Å². The number of likely N-dealkylation sites (tertiary alicyclic amines) is 1. The molecule has 142 valence electrons. The van der Waals surface area contributed by atoms with Crippen LogP contribution in [-0.4, -0.2) is 66.0 Å². The highest BCUT2D eigenvalue weighted by Crippen LogP contribution is 2.18. The SMILES string of the molecule is CN(CC(=O)N1CCC(C(=O)O)CC1)C(=O)COc1ccc(F)cc1F. The van der Waals surface area contributed by atoms with Gasteiger partial charge >= 0.3 is 5.97 Å². The minimum absolute atomic E-state index is 0.189. The highest BCUT2D eigenvalue weighted by Gasteiger charge is 2.27. The molecule has 1 aliphatic heterocycles. The topological polar surface area (TPSA) is 87.2 Å². The van der Waals surface area contributed by atoms with Crippen molar-refractivity contribution in [1.29, 1.82) is 0 Å². The first-order valence-electron chi connectivity index (χ1n) is 8.10. The maximum Gasteiger partial charge on any atom is 0.306 e. The van der Waals surface area contributed by atoms with Crippen molar-refractivity contribution in [1.82, 2.24) is 9.80 Å². The average molecular weight is 370 g/mol. The number of amides is 2. The summed E-state index contributed by atoms with van der Waals surface area (Å²) < 4.78 is 31.3. The lowest BCUT2D eigenvalue weighted by Gasteiger charge is -2.31. The standard InChI is InChI=1S/C17H20F2N2O5/c1-20(9-15(22)21-6-4-11(5-7-21)17(24)25)16(23)10-26-14-3-2-12(18)8-13(14)19/h2-3,8,11H,4-7,9-10H2,1H3,(H,24,25). The van der Waals surface area contributed by atoms with E-state index in [2.05, 4.69) is 0 Å². The van der Waals surface area contributed by atoms with Gasteiger partial charge in [-0.25, -0.2) is 8.78 Å². The number of nitrogens with zero attached hydrogens (tertiary/aromatic N) is 2. The number of carboxylic acids is 1. The molecule has 1 fully saturated rings. The highest BCUT2D eigenvalue weighted by molar-refractivity contribution is 5.85. The van der Waals surface area contributed by atoms with Crippen LogP contribution in [0.3, 0.4) is 0 Å². The first-order valence-corrected chi connectivity index (χ1v) is 8.10. The van der Waals surface area contributed by atoms with Gasteiger partial charge in [-0.1, -0.05) is 0 Å². The van der Waals surface area contributed by atoms with Crippen molar-refractivity contribution in [3.8, 4) is 5.75 Å². The summed E-state index contributed by atoms with van der Waals surface area (Å²) in [5.41, 5.74) is 0. The van der Waals surface area contributed by atoms with E-state index in [4.69, 9.17) is 9.84 Å². The molecule has 26 heavy (non-hydrogen) atoms. The first kappa shape index (κ1) is 19.6. The normalized spacial score (nSPS) is 14.8. The van der Waals surface area contributed by atoms with E-state index < -0.39 is 36.0 Å². The van der Waals surface area contributed by atoms with Gasteiger partial charge in [-0.05, 0) is 25.0 Å². The van der Waals surface area contributed by atoms with Crippen molar-refractivity contribution < 1.29 is 33.0 Å². The summed E-state index contributed by atoms with van der Waals surface area (Å²) in [7, 11) is 1.41. The van der Waals surface area contributed by atoms with E-state index in [-0.39, 0.29) is 18.2 Å². The van der Waals surface area contributed by atoms with Crippen LogP contribution < -0.4 is 4.74 Å². The molecule has 0 aromatic heterocycles. The molecule has 1 aliphatic rings. The van der Waals surface area contributed by atoms with Crippen molar-refractivity contribution >= 4 is 17.8 Å². The Kier molecular flexibility index (Phi) is 6.48. The number of ether oxygens (including phenoxy) is 1. The Morgan fingerprint density at radius 2 is 1.92 bits per heavy atom. The highest BCUT2D eigenvalue weighted by atomic mass is 19.1. The third kappa shape index (κ3) is 5.14. The van der Waals surface area contributed by atoms with Crippen LogP contribution in [0.15, 0.2) is 18.2 Å². The molecule has 0 radical (unpaired) electrons. The predicted molar refractivity (Wildman–Crippen MR) is 86.4 cm³/mol. The second-order valence-electron chi connectivity index (χ2n) is 6.11. The molecule has 0 unspecified atom stereocenters. The molecule has 2 rings (SSSR count). The zero-order valence-electron chi connectivity index (χ0n) is 14.3. The second-order valence-corrected chi connectivity index (χ2v) is 6.11. The number of carbonyl (C=O) groups is 3. The van der Waals surface area contributed by atoms with Crippen molar-refractivity contribution in [2.24, 2.45) is 5.92 Å². The Balaban J connectivity index is 1.79. The van der Waals surface area contributed by atoms with E-state index in [9.17, 15) is 23.2 Å². The molecule has 0 aliphatic carbocycles. The van der Waals surface area contributed by atoms with Gasteiger partial charge in [-0.2, -0.15) is 0 Å². The molecule has 1 aromatic rings. The molecule has 0 saturated carbocycles. The number of benzene rings is 1. The summed E-state index contributed by atoms with van der Waals surface area (Å²) in [6.07, 6.45) is 0.761. The molecule has 1 aromatic carbocycles. The average Bonchev–Trinajstić information content (AvgIpc) is 2.60. The van der Waals surface area contributed by atoms with Crippen molar-refractivity contribution in [2.75, 3.05) is 33.3 Å². The number of halogens is 2. The Bertz CT molecular complexity index is 690. The van der Waals surface area contributed by atoms with Crippen LogP contribution in [0.1, 0.15) is 12.8 Å². The summed E-state index contributed by atoms with van der Waals surface area (Å²) in [5.74, 6) is -4.07. The van der Waals surface area contributed by atoms with Gasteiger partial charge in [0.1, 0.15) is 5.82 Å². The molecule has 0 spiro atoms. The molecule has 9 heteroatoms. The van der Waals surface area contributed by atoms with E-state index >= 15 is 0 Å². The van der Waals surface area contributed by atoms with Gasteiger partial charge in [0.05, 0.1) is 12.5 Å². The molecule has 7 nitrogen and oxygen atoms in total. The van der Waals surface area contributed by atoms with Crippen molar-refractivity contribution in [2.45, 2.75) is 12.8 Å². The van der Waals surface area contributed by atoms with Gasteiger partial charge in [0.2, 0.25) is 5.91 Å². The van der Waals surface area contributed by atoms with E-state index in [1.165, 1.54) is 11.9 Å². The monoisotopic (exact) mass is 370 g/mol. The number of hydrogen-bond donors (Lipinski definition) is 1. The molecule has 1 heterocycles. The molecule has 0 bridgehead atoms. The second kappa shape index (κ2) is 8.59. The van der Waals surface area contributed by atoms with Gasteiger partial charge in [0.25, 0.3) is 5.91 Å². The van der Waals surface area contributed by atoms with E-state index in [1.807, 2.05) is 0 Å². The molecular formula is C17H20F2N2O5. The summed E-state index contributed by atoms with van der Waals surface area (Å²) in [6, 6.07) is 2.74. The molecular weight excluding hydrogens is 350 g/mol. The lowest BCUT2D eigenvalue weighted by atomic mass is 9.97. The zero-order valence-corrected chi connectivity index (χ0v) is 14.3. The van der Waals surface area contributed by atoms with Gasteiger partial charge in [0.15, 0.2) is 18.2 Å². The number of carboxylic acid groups (broad SMARTS) is 1. The Hall–Kier alpha value is -2.71. The maximum atomic E-state index is 13.5. The van der Waals surface area contributed by atoms with Crippen molar-refractivity contribution in [3.05, 3.63) is 29.8 Å². The minimum atomic E-state index is -0.919. The maximum absolute atomic E-state index is 13.5.